The van der Waals surface area contributed by atoms with Crippen LogP contribution in [0.2, 0.25) is 0 Å². The van der Waals surface area contributed by atoms with Crippen molar-refractivity contribution in [3.8, 4) is 0 Å². The highest BCUT2D eigenvalue weighted by Crippen LogP contribution is 1.98. The van der Waals surface area contributed by atoms with Gasteiger partial charge in [-0.2, -0.15) is 5.10 Å². The van der Waals surface area contributed by atoms with Gasteiger partial charge in [0.15, 0.2) is 0 Å². The van der Waals surface area contributed by atoms with Crippen LogP contribution in [-0.4, -0.2) is 64.3 Å². The van der Waals surface area contributed by atoms with Crippen LogP contribution in [0, 0.1) is 0 Å². The van der Waals surface area contributed by atoms with Crippen LogP contribution in [0.3, 0.4) is 0 Å². The molecule has 1 fully saturated rings. The van der Waals surface area contributed by atoms with Crippen LogP contribution in [0.5, 0.6) is 0 Å². The summed E-state index contributed by atoms with van der Waals surface area (Å²) in [4.78, 5) is 8.76. The molecule has 1 aliphatic heterocycles. The van der Waals surface area contributed by atoms with Crippen molar-refractivity contribution in [2.24, 2.45) is 0 Å². The molecule has 0 bridgehead atoms. The van der Waals surface area contributed by atoms with E-state index < -0.39 is 0 Å². The van der Waals surface area contributed by atoms with Crippen molar-refractivity contribution < 1.29 is 0 Å². The molecular formula is C9H17N5. The van der Waals surface area contributed by atoms with Crippen molar-refractivity contribution >= 4 is 0 Å². The zero-order valence-corrected chi connectivity index (χ0v) is 8.63. The molecule has 0 saturated carbocycles. The lowest BCUT2D eigenvalue weighted by atomic mass is 10.3. The average molecular weight is 195 g/mol. The van der Waals surface area contributed by atoms with E-state index >= 15 is 0 Å². The molecule has 78 valence electrons. The fourth-order valence-corrected chi connectivity index (χ4v) is 1.66. The van der Waals surface area contributed by atoms with E-state index in [2.05, 4.69) is 26.9 Å². The summed E-state index contributed by atoms with van der Waals surface area (Å²) in [6.07, 6.45) is 3.36. The van der Waals surface area contributed by atoms with Gasteiger partial charge < -0.3 is 4.90 Å². The fraction of sp³-hybridized carbons (Fsp3) is 0.778. The third kappa shape index (κ3) is 2.52. The molecular weight excluding hydrogens is 178 g/mol. The monoisotopic (exact) mass is 195 g/mol. The predicted octanol–water partition coefficient (Wildman–Crippen LogP) is -0.475. The number of hydrogen-bond acceptors (Lipinski definition) is 4. The zero-order valence-electron chi connectivity index (χ0n) is 8.63. The molecule has 0 aromatic carbocycles. The van der Waals surface area contributed by atoms with Gasteiger partial charge in [0.25, 0.3) is 0 Å². The highest BCUT2D eigenvalue weighted by molar-refractivity contribution is 4.69. The van der Waals surface area contributed by atoms with Gasteiger partial charge in [0.2, 0.25) is 0 Å². The van der Waals surface area contributed by atoms with E-state index in [0.29, 0.717) is 0 Å². The molecule has 0 amide bonds. The number of aromatic nitrogens is 3. The molecule has 0 unspecified atom stereocenters. The average Bonchev–Trinajstić information content (AvgIpc) is 2.70. The van der Waals surface area contributed by atoms with Crippen molar-refractivity contribution in [1.82, 2.24) is 24.6 Å². The van der Waals surface area contributed by atoms with Crippen LogP contribution in [0.4, 0.5) is 0 Å². The van der Waals surface area contributed by atoms with Gasteiger partial charge in [-0.15, -0.1) is 0 Å². The maximum atomic E-state index is 4.08. The fourth-order valence-electron chi connectivity index (χ4n) is 1.66. The molecule has 0 spiro atoms. The van der Waals surface area contributed by atoms with E-state index in [0.717, 1.165) is 13.1 Å². The van der Waals surface area contributed by atoms with Crippen molar-refractivity contribution in [2.75, 3.05) is 39.8 Å². The molecule has 1 aromatic rings. The summed E-state index contributed by atoms with van der Waals surface area (Å²) >= 11 is 0. The first-order valence-corrected chi connectivity index (χ1v) is 5.08. The normalized spacial score (nSPS) is 20.1. The molecule has 1 aliphatic rings. The summed E-state index contributed by atoms with van der Waals surface area (Å²) in [6, 6.07) is 0. The molecule has 1 saturated heterocycles. The van der Waals surface area contributed by atoms with Gasteiger partial charge >= 0.3 is 0 Å². The Kier molecular flexibility index (Phi) is 3.10. The maximum Gasteiger partial charge on any atom is 0.137 e. The second-order valence-electron chi connectivity index (χ2n) is 3.80. The minimum Gasteiger partial charge on any atom is -0.304 e. The van der Waals surface area contributed by atoms with E-state index in [9.17, 15) is 0 Å². The van der Waals surface area contributed by atoms with Gasteiger partial charge in [-0.1, -0.05) is 0 Å². The van der Waals surface area contributed by atoms with Gasteiger partial charge in [0, 0.05) is 32.7 Å². The quantitative estimate of drug-likeness (QED) is 0.653. The SMILES string of the molecule is CN1CCN(CCn2cncn2)CC1. The first kappa shape index (κ1) is 9.61. The van der Waals surface area contributed by atoms with Gasteiger partial charge in [-0.3, -0.25) is 9.58 Å². The summed E-state index contributed by atoms with van der Waals surface area (Å²) in [7, 11) is 2.18. The first-order chi connectivity index (χ1) is 6.84. The van der Waals surface area contributed by atoms with Gasteiger partial charge in [-0.05, 0) is 7.05 Å². The summed E-state index contributed by atoms with van der Waals surface area (Å²) < 4.78 is 1.89. The van der Waals surface area contributed by atoms with E-state index in [1.54, 1.807) is 12.7 Å². The van der Waals surface area contributed by atoms with E-state index in [4.69, 9.17) is 0 Å². The third-order valence-electron chi connectivity index (χ3n) is 2.71. The Morgan fingerprint density at radius 2 is 1.93 bits per heavy atom. The van der Waals surface area contributed by atoms with E-state index in [1.165, 1.54) is 26.2 Å². The van der Waals surface area contributed by atoms with Gasteiger partial charge in [-0.25, -0.2) is 4.98 Å². The lowest BCUT2D eigenvalue weighted by Gasteiger charge is -2.32. The summed E-state index contributed by atoms with van der Waals surface area (Å²) in [5.74, 6) is 0. The number of rotatable bonds is 3. The molecule has 0 atom stereocenters. The van der Waals surface area contributed by atoms with Crippen molar-refractivity contribution in [3.63, 3.8) is 0 Å². The molecule has 5 nitrogen and oxygen atoms in total. The molecule has 1 aromatic heterocycles. The van der Waals surface area contributed by atoms with Crippen LogP contribution in [0.1, 0.15) is 0 Å². The van der Waals surface area contributed by atoms with E-state index in [1.807, 2.05) is 4.68 Å². The highest BCUT2D eigenvalue weighted by Gasteiger charge is 2.12. The number of piperazine rings is 1. The summed E-state index contributed by atoms with van der Waals surface area (Å²) in [5, 5.41) is 4.08. The molecule has 5 heteroatoms. The van der Waals surface area contributed by atoms with Crippen LogP contribution in [0.15, 0.2) is 12.7 Å². The Morgan fingerprint density at radius 3 is 2.57 bits per heavy atom. The topological polar surface area (TPSA) is 37.2 Å². The minimum atomic E-state index is 0.948. The number of hydrogen-bond donors (Lipinski definition) is 0. The van der Waals surface area contributed by atoms with Crippen LogP contribution in [0.25, 0.3) is 0 Å². The minimum absolute atomic E-state index is 0.948. The van der Waals surface area contributed by atoms with Crippen molar-refractivity contribution in [1.29, 1.82) is 0 Å². The zero-order chi connectivity index (χ0) is 9.80. The van der Waals surface area contributed by atoms with Gasteiger partial charge in [0.1, 0.15) is 12.7 Å². The number of likely N-dealkylation sites (N-methyl/N-ethyl adjacent to an activating group) is 1. The Balaban J connectivity index is 1.71. The Bertz CT molecular complexity index is 250. The predicted molar refractivity (Wildman–Crippen MR) is 54.0 cm³/mol. The largest absolute Gasteiger partial charge is 0.304 e. The Morgan fingerprint density at radius 1 is 1.14 bits per heavy atom. The Hall–Kier alpha value is -0.940. The summed E-state index contributed by atoms with van der Waals surface area (Å²) in [6.45, 7) is 6.73. The van der Waals surface area contributed by atoms with Crippen LogP contribution in [-0.2, 0) is 6.54 Å². The summed E-state index contributed by atoms with van der Waals surface area (Å²) in [5.41, 5.74) is 0. The molecule has 0 radical (unpaired) electrons. The van der Waals surface area contributed by atoms with Gasteiger partial charge in [0.05, 0.1) is 6.54 Å². The highest BCUT2D eigenvalue weighted by atomic mass is 15.3. The van der Waals surface area contributed by atoms with Crippen molar-refractivity contribution in [3.05, 3.63) is 12.7 Å². The maximum absolute atomic E-state index is 4.08. The molecule has 2 heterocycles. The lowest BCUT2D eigenvalue weighted by molar-refractivity contribution is 0.148. The first-order valence-electron chi connectivity index (χ1n) is 5.08. The second-order valence-corrected chi connectivity index (χ2v) is 3.80. The van der Waals surface area contributed by atoms with Crippen LogP contribution < -0.4 is 0 Å². The third-order valence-corrected chi connectivity index (χ3v) is 2.71. The lowest BCUT2D eigenvalue weighted by Crippen LogP contribution is -2.45. The molecule has 14 heavy (non-hydrogen) atoms. The van der Waals surface area contributed by atoms with Crippen LogP contribution >= 0.6 is 0 Å². The second kappa shape index (κ2) is 4.52. The van der Waals surface area contributed by atoms with Crippen molar-refractivity contribution in [2.45, 2.75) is 6.54 Å². The molecule has 0 N–H and O–H groups in total. The molecule has 0 aliphatic carbocycles. The standard InChI is InChI=1S/C9H17N5/c1-12-2-4-13(5-3-12)6-7-14-9-10-8-11-14/h8-9H,2-7H2,1H3. The smallest absolute Gasteiger partial charge is 0.137 e. The number of nitrogens with zero attached hydrogens (tertiary/aromatic N) is 5. The Labute approximate surface area is 84.3 Å². The van der Waals surface area contributed by atoms with E-state index in [-0.39, 0.29) is 0 Å². The molecule has 2 rings (SSSR count).